The molecule has 0 saturated heterocycles. The number of fused-ring (bicyclic) bond motifs is 1. The SMILES string of the molecule is Cc1ccc(OCC(N)=O)c(-n2ncc3cccnc32)c1. The fourth-order valence-corrected chi connectivity index (χ4v) is 2.10. The second kappa shape index (κ2) is 5.24. The van der Waals surface area contributed by atoms with Crippen molar-refractivity contribution in [3.05, 3.63) is 48.3 Å². The number of nitrogens with zero attached hydrogens (tertiary/aromatic N) is 3. The molecule has 3 aromatic rings. The molecule has 0 aliphatic carbocycles. The second-order valence-corrected chi connectivity index (χ2v) is 4.70. The average molecular weight is 282 g/mol. The van der Waals surface area contributed by atoms with Gasteiger partial charge in [0.05, 0.1) is 6.20 Å². The summed E-state index contributed by atoms with van der Waals surface area (Å²) in [5, 5.41) is 5.28. The third-order valence-corrected chi connectivity index (χ3v) is 3.04. The largest absolute Gasteiger partial charge is 0.482 e. The van der Waals surface area contributed by atoms with E-state index < -0.39 is 5.91 Å². The zero-order chi connectivity index (χ0) is 14.8. The number of carbonyl (C=O) groups is 1. The predicted molar refractivity (Wildman–Crippen MR) is 78.3 cm³/mol. The Morgan fingerprint density at radius 3 is 3.05 bits per heavy atom. The van der Waals surface area contributed by atoms with Gasteiger partial charge in [-0.3, -0.25) is 4.79 Å². The Hall–Kier alpha value is -2.89. The number of ether oxygens (including phenoxy) is 1. The number of benzene rings is 1. The van der Waals surface area contributed by atoms with Gasteiger partial charge in [0.1, 0.15) is 11.4 Å². The van der Waals surface area contributed by atoms with E-state index in [1.54, 1.807) is 23.1 Å². The van der Waals surface area contributed by atoms with Gasteiger partial charge in [0, 0.05) is 11.6 Å². The maximum absolute atomic E-state index is 10.9. The van der Waals surface area contributed by atoms with E-state index in [0.29, 0.717) is 5.75 Å². The van der Waals surface area contributed by atoms with Crippen LogP contribution in [-0.4, -0.2) is 27.3 Å². The molecule has 0 aliphatic rings. The molecule has 0 atom stereocenters. The topological polar surface area (TPSA) is 83.0 Å². The summed E-state index contributed by atoms with van der Waals surface area (Å²) >= 11 is 0. The lowest BCUT2D eigenvalue weighted by Crippen LogP contribution is -2.20. The predicted octanol–water partition coefficient (Wildman–Crippen LogP) is 1.59. The maximum atomic E-state index is 10.9. The van der Waals surface area contributed by atoms with E-state index in [1.165, 1.54) is 0 Å². The number of nitrogens with two attached hydrogens (primary N) is 1. The molecule has 0 fully saturated rings. The van der Waals surface area contributed by atoms with Gasteiger partial charge in [0.25, 0.3) is 5.91 Å². The summed E-state index contributed by atoms with van der Waals surface area (Å²) in [4.78, 5) is 15.2. The van der Waals surface area contributed by atoms with E-state index in [1.807, 2.05) is 31.2 Å². The molecular weight excluding hydrogens is 268 g/mol. The lowest BCUT2D eigenvalue weighted by molar-refractivity contribution is -0.119. The van der Waals surface area contributed by atoms with Gasteiger partial charge in [0.2, 0.25) is 0 Å². The van der Waals surface area contributed by atoms with Crippen LogP contribution >= 0.6 is 0 Å². The van der Waals surface area contributed by atoms with Crippen LogP contribution in [0.25, 0.3) is 16.7 Å². The number of aryl methyl sites for hydroxylation is 1. The van der Waals surface area contributed by atoms with Crippen LogP contribution in [0, 0.1) is 6.92 Å². The third-order valence-electron chi connectivity index (χ3n) is 3.04. The summed E-state index contributed by atoms with van der Waals surface area (Å²) < 4.78 is 7.16. The molecule has 3 rings (SSSR count). The summed E-state index contributed by atoms with van der Waals surface area (Å²) in [6.07, 6.45) is 3.45. The number of aromatic nitrogens is 3. The number of primary amides is 1. The van der Waals surface area contributed by atoms with Gasteiger partial charge >= 0.3 is 0 Å². The van der Waals surface area contributed by atoms with Crippen molar-refractivity contribution in [1.29, 1.82) is 0 Å². The summed E-state index contributed by atoms with van der Waals surface area (Å²) in [6, 6.07) is 9.42. The number of carbonyl (C=O) groups excluding carboxylic acids is 1. The number of rotatable bonds is 4. The molecule has 0 saturated carbocycles. The highest BCUT2D eigenvalue weighted by molar-refractivity contribution is 5.77. The molecule has 21 heavy (non-hydrogen) atoms. The van der Waals surface area contributed by atoms with Crippen LogP contribution in [0.3, 0.4) is 0 Å². The summed E-state index contributed by atoms with van der Waals surface area (Å²) in [5.41, 5.74) is 7.64. The minimum atomic E-state index is -0.523. The molecule has 2 heterocycles. The van der Waals surface area contributed by atoms with E-state index in [2.05, 4.69) is 10.1 Å². The summed E-state index contributed by atoms with van der Waals surface area (Å²) in [6.45, 7) is 1.79. The molecular formula is C15H14N4O2. The number of amides is 1. The van der Waals surface area contributed by atoms with Gasteiger partial charge in [-0.25, -0.2) is 9.67 Å². The first-order valence-corrected chi connectivity index (χ1v) is 6.46. The third kappa shape index (κ3) is 2.55. The molecule has 1 amide bonds. The molecule has 106 valence electrons. The molecule has 1 aromatic carbocycles. The molecule has 0 spiro atoms. The quantitative estimate of drug-likeness (QED) is 0.787. The Kier molecular flexibility index (Phi) is 3.27. The molecule has 0 bridgehead atoms. The zero-order valence-corrected chi connectivity index (χ0v) is 11.5. The van der Waals surface area contributed by atoms with Crippen molar-refractivity contribution in [2.45, 2.75) is 6.92 Å². The van der Waals surface area contributed by atoms with E-state index in [-0.39, 0.29) is 6.61 Å². The maximum Gasteiger partial charge on any atom is 0.255 e. The highest BCUT2D eigenvalue weighted by Crippen LogP contribution is 2.26. The highest BCUT2D eigenvalue weighted by atomic mass is 16.5. The first-order chi connectivity index (χ1) is 10.1. The van der Waals surface area contributed by atoms with Crippen LogP contribution in [0.1, 0.15) is 5.56 Å². The molecule has 6 nitrogen and oxygen atoms in total. The van der Waals surface area contributed by atoms with E-state index in [9.17, 15) is 4.79 Å². The number of pyridine rings is 1. The van der Waals surface area contributed by atoms with Crippen molar-refractivity contribution in [3.63, 3.8) is 0 Å². The van der Waals surface area contributed by atoms with Gasteiger partial charge < -0.3 is 10.5 Å². The van der Waals surface area contributed by atoms with Gasteiger partial charge in [-0.1, -0.05) is 6.07 Å². The second-order valence-electron chi connectivity index (χ2n) is 4.70. The summed E-state index contributed by atoms with van der Waals surface area (Å²) in [5.74, 6) is 0.0139. The van der Waals surface area contributed by atoms with Crippen LogP contribution in [0.4, 0.5) is 0 Å². The Morgan fingerprint density at radius 1 is 1.38 bits per heavy atom. The van der Waals surface area contributed by atoms with Crippen molar-refractivity contribution < 1.29 is 9.53 Å². The Bertz CT molecular complexity index is 810. The van der Waals surface area contributed by atoms with Gasteiger partial charge in [0.15, 0.2) is 12.3 Å². The fraction of sp³-hybridized carbons (Fsp3) is 0.133. The van der Waals surface area contributed by atoms with E-state index in [4.69, 9.17) is 10.5 Å². The molecule has 0 aliphatic heterocycles. The van der Waals surface area contributed by atoms with Crippen LogP contribution in [0.2, 0.25) is 0 Å². The lowest BCUT2D eigenvalue weighted by atomic mass is 10.2. The van der Waals surface area contributed by atoms with Gasteiger partial charge in [-0.15, -0.1) is 0 Å². The number of hydrogen-bond donors (Lipinski definition) is 1. The van der Waals surface area contributed by atoms with E-state index >= 15 is 0 Å². The highest BCUT2D eigenvalue weighted by Gasteiger charge is 2.12. The Labute approximate surface area is 121 Å². The van der Waals surface area contributed by atoms with Crippen LogP contribution in [0.15, 0.2) is 42.7 Å². The number of hydrogen-bond acceptors (Lipinski definition) is 4. The van der Waals surface area contributed by atoms with Gasteiger partial charge in [-0.2, -0.15) is 5.10 Å². The fourth-order valence-electron chi connectivity index (χ4n) is 2.10. The normalized spacial score (nSPS) is 10.7. The van der Waals surface area contributed by atoms with Crippen molar-refractivity contribution >= 4 is 16.9 Å². The monoisotopic (exact) mass is 282 g/mol. The Morgan fingerprint density at radius 2 is 2.24 bits per heavy atom. The minimum Gasteiger partial charge on any atom is -0.482 e. The zero-order valence-electron chi connectivity index (χ0n) is 11.5. The smallest absolute Gasteiger partial charge is 0.255 e. The van der Waals surface area contributed by atoms with Crippen molar-refractivity contribution in [2.24, 2.45) is 5.73 Å². The molecule has 0 radical (unpaired) electrons. The molecule has 2 aromatic heterocycles. The van der Waals surface area contributed by atoms with Crippen molar-refractivity contribution in [2.75, 3.05) is 6.61 Å². The minimum absolute atomic E-state index is 0.178. The Balaban J connectivity index is 2.12. The lowest BCUT2D eigenvalue weighted by Gasteiger charge is -2.11. The first-order valence-electron chi connectivity index (χ1n) is 6.46. The molecule has 0 unspecified atom stereocenters. The molecule has 2 N–H and O–H groups in total. The summed E-state index contributed by atoms with van der Waals surface area (Å²) in [7, 11) is 0. The first kappa shape index (κ1) is 13.1. The van der Waals surface area contributed by atoms with Crippen LogP contribution < -0.4 is 10.5 Å². The average Bonchev–Trinajstić information content (AvgIpc) is 2.89. The van der Waals surface area contributed by atoms with Crippen LogP contribution in [0.5, 0.6) is 5.75 Å². The molecule has 6 heteroatoms. The van der Waals surface area contributed by atoms with Crippen molar-refractivity contribution in [1.82, 2.24) is 14.8 Å². The van der Waals surface area contributed by atoms with E-state index in [0.717, 1.165) is 22.3 Å². The van der Waals surface area contributed by atoms with Crippen molar-refractivity contribution in [3.8, 4) is 11.4 Å². The van der Waals surface area contributed by atoms with Gasteiger partial charge in [-0.05, 0) is 36.8 Å². The standard InChI is InChI=1S/C15H14N4O2/c1-10-4-5-13(21-9-14(16)20)12(7-10)19-15-11(8-18-19)3-2-6-17-15/h2-8H,9H2,1H3,(H2,16,20). The van der Waals surface area contributed by atoms with Crippen LogP contribution in [-0.2, 0) is 4.79 Å².